The van der Waals surface area contributed by atoms with E-state index in [9.17, 15) is 9.59 Å². The largest absolute Gasteiger partial charge is 0.462 e. The molecule has 5 nitrogen and oxygen atoms in total. The van der Waals surface area contributed by atoms with E-state index in [1.165, 1.54) is 11.3 Å². The van der Waals surface area contributed by atoms with Gasteiger partial charge >= 0.3 is 5.97 Å². The van der Waals surface area contributed by atoms with Gasteiger partial charge in [-0.25, -0.2) is 4.79 Å². The first kappa shape index (κ1) is 14.5. The van der Waals surface area contributed by atoms with Crippen LogP contribution in [0.4, 0.5) is 5.69 Å². The number of thiophene rings is 1. The van der Waals surface area contributed by atoms with Crippen molar-refractivity contribution < 1.29 is 14.3 Å². The molecular formula is C14H16N2O3S. The van der Waals surface area contributed by atoms with Gasteiger partial charge in [0, 0.05) is 10.4 Å². The van der Waals surface area contributed by atoms with Crippen molar-refractivity contribution in [1.82, 2.24) is 0 Å². The number of nitrogens with one attached hydrogen (secondary N) is 1. The van der Waals surface area contributed by atoms with Crippen LogP contribution in [0.1, 0.15) is 23.5 Å². The molecule has 106 valence electrons. The van der Waals surface area contributed by atoms with Crippen LogP contribution in [-0.4, -0.2) is 24.5 Å². The lowest BCUT2D eigenvalue weighted by Crippen LogP contribution is -2.32. The molecule has 0 aliphatic rings. The molecule has 1 aromatic heterocycles. The van der Waals surface area contributed by atoms with Gasteiger partial charge in [-0.3, -0.25) is 4.79 Å². The van der Waals surface area contributed by atoms with Crippen molar-refractivity contribution >= 4 is 39.0 Å². The quantitative estimate of drug-likeness (QED) is 0.848. The molecule has 0 radical (unpaired) electrons. The highest BCUT2D eigenvalue weighted by Crippen LogP contribution is 2.28. The second-order valence-corrected chi connectivity index (χ2v) is 5.45. The zero-order valence-electron chi connectivity index (χ0n) is 11.3. The number of amides is 1. The number of esters is 1. The van der Waals surface area contributed by atoms with Crippen LogP contribution in [0, 0.1) is 0 Å². The number of fused-ring (bicyclic) bond motifs is 1. The van der Waals surface area contributed by atoms with Crippen molar-refractivity contribution in [3.8, 4) is 0 Å². The molecule has 1 aromatic carbocycles. The Hall–Kier alpha value is -1.92. The van der Waals surface area contributed by atoms with Crippen LogP contribution >= 0.6 is 11.3 Å². The molecule has 0 saturated carbocycles. The lowest BCUT2D eigenvalue weighted by atomic mass is 10.2. The molecule has 1 atom stereocenters. The number of hydrogen-bond donors (Lipinski definition) is 2. The molecule has 1 heterocycles. The Balaban J connectivity index is 2.26. The van der Waals surface area contributed by atoms with Gasteiger partial charge in [0.2, 0.25) is 5.91 Å². The minimum Gasteiger partial charge on any atom is -0.462 e. The predicted molar refractivity (Wildman–Crippen MR) is 80.1 cm³/mol. The molecule has 0 unspecified atom stereocenters. The smallest absolute Gasteiger partial charge is 0.348 e. The first-order chi connectivity index (χ1) is 9.51. The molecular weight excluding hydrogens is 276 g/mol. The van der Waals surface area contributed by atoms with Crippen molar-refractivity contribution in [3.05, 3.63) is 29.1 Å². The van der Waals surface area contributed by atoms with Crippen LogP contribution < -0.4 is 11.1 Å². The van der Waals surface area contributed by atoms with E-state index >= 15 is 0 Å². The fourth-order valence-corrected chi connectivity index (χ4v) is 2.62. The average molecular weight is 292 g/mol. The maximum Gasteiger partial charge on any atom is 0.348 e. The van der Waals surface area contributed by atoms with Crippen LogP contribution in [0.2, 0.25) is 0 Å². The van der Waals surface area contributed by atoms with Gasteiger partial charge in [0.15, 0.2) is 0 Å². The second kappa shape index (κ2) is 6.02. The van der Waals surface area contributed by atoms with Crippen LogP contribution in [0.15, 0.2) is 24.3 Å². The Morgan fingerprint density at radius 1 is 1.40 bits per heavy atom. The summed E-state index contributed by atoms with van der Waals surface area (Å²) in [5, 5.41) is 3.61. The summed E-state index contributed by atoms with van der Waals surface area (Å²) < 4.78 is 5.93. The lowest BCUT2D eigenvalue weighted by Gasteiger charge is -2.07. The van der Waals surface area contributed by atoms with E-state index in [4.69, 9.17) is 10.5 Å². The summed E-state index contributed by atoms with van der Waals surface area (Å²) >= 11 is 1.37. The van der Waals surface area contributed by atoms with E-state index in [1.807, 2.05) is 12.1 Å². The second-order valence-electron chi connectivity index (χ2n) is 4.36. The molecule has 0 bridgehead atoms. The number of ether oxygens (including phenoxy) is 1. The summed E-state index contributed by atoms with van der Waals surface area (Å²) in [7, 11) is 0. The van der Waals surface area contributed by atoms with Crippen molar-refractivity contribution in [2.45, 2.75) is 19.9 Å². The maximum atomic E-state index is 11.7. The first-order valence-corrected chi connectivity index (χ1v) is 7.10. The fraction of sp³-hybridized carbons (Fsp3) is 0.286. The minimum absolute atomic E-state index is 0.245. The van der Waals surface area contributed by atoms with Crippen LogP contribution in [0.25, 0.3) is 10.1 Å². The van der Waals surface area contributed by atoms with Crippen LogP contribution in [0.3, 0.4) is 0 Å². The molecule has 6 heteroatoms. The number of rotatable bonds is 4. The summed E-state index contributed by atoms with van der Waals surface area (Å²) in [4.78, 5) is 23.8. The van der Waals surface area contributed by atoms with Crippen molar-refractivity contribution in [1.29, 1.82) is 0 Å². The van der Waals surface area contributed by atoms with E-state index in [2.05, 4.69) is 5.32 Å². The third kappa shape index (κ3) is 3.15. The van der Waals surface area contributed by atoms with E-state index in [1.54, 1.807) is 26.0 Å². The van der Waals surface area contributed by atoms with Gasteiger partial charge in [0.25, 0.3) is 0 Å². The Labute approximate surface area is 120 Å². The maximum absolute atomic E-state index is 11.7. The lowest BCUT2D eigenvalue weighted by molar-refractivity contribution is -0.117. The van der Waals surface area contributed by atoms with Crippen molar-refractivity contribution in [3.63, 3.8) is 0 Å². The molecule has 0 aliphatic heterocycles. The van der Waals surface area contributed by atoms with Gasteiger partial charge in [0.1, 0.15) is 4.88 Å². The summed E-state index contributed by atoms with van der Waals surface area (Å²) in [6.45, 7) is 3.74. The summed E-state index contributed by atoms with van der Waals surface area (Å²) in [5.74, 6) is -0.569. The highest BCUT2D eigenvalue weighted by Gasteiger charge is 2.12. The van der Waals surface area contributed by atoms with Crippen molar-refractivity contribution in [2.75, 3.05) is 11.9 Å². The summed E-state index contributed by atoms with van der Waals surface area (Å²) in [5.41, 5.74) is 6.16. The Kier molecular flexibility index (Phi) is 4.36. The highest BCUT2D eigenvalue weighted by molar-refractivity contribution is 7.20. The molecule has 0 aliphatic carbocycles. The molecule has 0 spiro atoms. The number of anilines is 1. The van der Waals surface area contributed by atoms with Crippen LogP contribution in [-0.2, 0) is 9.53 Å². The van der Waals surface area contributed by atoms with Gasteiger partial charge in [0.05, 0.1) is 12.6 Å². The number of hydrogen-bond acceptors (Lipinski definition) is 5. The van der Waals surface area contributed by atoms with Gasteiger partial charge in [-0.15, -0.1) is 11.3 Å². The SMILES string of the molecule is CCOC(=O)c1cc2cc(NC(=O)[C@@H](C)N)ccc2s1. The van der Waals surface area contributed by atoms with E-state index in [0.29, 0.717) is 17.2 Å². The molecule has 0 saturated heterocycles. The van der Waals surface area contributed by atoms with E-state index in [-0.39, 0.29) is 11.9 Å². The molecule has 2 aromatic rings. The van der Waals surface area contributed by atoms with Crippen LogP contribution in [0.5, 0.6) is 0 Å². The molecule has 2 rings (SSSR count). The Morgan fingerprint density at radius 2 is 2.15 bits per heavy atom. The number of nitrogens with two attached hydrogens (primary N) is 1. The Bertz CT molecular complexity index is 649. The molecule has 20 heavy (non-hydrogen) atoms. The summed E-state index contributed by atoms with van der Waals surface area (Å²) in [6, 6.07) is 6.66. The third-order valence-corrected chi connectivity index (χ3v) is 3.77. The third-order valence-electron chi connectivity index (χ3n) is 2.67. The first-order valence-electron chi connectivity index (χ1n) is 6.28. The predicted octanol–water partition coefficient (Wildman–Crippen LogP) is 2.36. The van der Waals surface area contributed by atoms with E-state index < -0.39 is 6.04 Å². The number of benzene rings is 1. The number of carbonyl (C=O) groups is 2. The Morgan fingerprint density at radius 3 is 2.80 bits per heavy atom. The zero-order chi connectivity index (χ0) is 14.7. The van der Waals surface area contributed by atoms with Gasteiger partial charge < -0.3 is 15.8 Å². The number of carbonyl (C=O) groups excluding carboxylic acids is 2. The zero-order valence-corrected chi connectivity index (χ0v) is 12.1. The summed E-state index contributed by atoms with van der Waals surface area (Å²) in [6.07, 6.45) is 0. The topological polar surface area (TPSA) is 81.4 Å². The standard InChI is InChI=1S/C14H16N2O3S/c1-3-19-14(18)12-7-9-6-10(4-5-11(9)20-12)16-13(17)8(2)15/h4-8H,3,15H2,1-2H3,(H,16,17)/t8-/m1/s1. The molecule has 3 N–H and O–H groups in total. The fourth-order valence-electron chi connectivity index (χ4n) is 1.68. The van der Waals surface area contributed by atoms with E-state index in [0.717, 1.165) is 10.1 Å². The van der Waals surface area contributed by atoms with Gasteiger partial charge in [-0.2, -0.15) is 0 Å². The highest BCUT2D eigenvalue weighted by atomic mass is 32.1. The monoisotopic (exact) mass is 292 g/mol. The average Bonchev–Trinajstić information content (AvgIpc) is 2.82. The van der Waals surface area contributed by atoms with Gasteiger partial charge in [-0.05, 0) is 43.5 Å². The molecule has 1 amide bonds. The normalized spacial score (nSPS) is 12.2. The van der Waals surface area contributed by atoms with Gasteiger partial charge in [-0.1, -0.05) is 0 Å². The minimum atomic E-state index is -0.566. The van der Waals surface area contributed by atoms with Crippen molar-refractivity contribution in [2.24, 2.45) is 5.73 Å². The molecule has 0 fully saturated rings.